The van der Waals surface area contributed by atoms with Gasteiger partial charge >= 0.3 is 7.60 Å². The van der Waals surface area contributed by atoms with E-state index in [-0.39, 0.29) is 19.2 Å². The number of hydrogen-bond acceptors (Lipinski definition) is 4. The van der Waals surface area contributed by atoms with E-state index in [2.05, 4.69) is 13.8 Å². The maximum atomic E-state index is 11.4. The zero-order valence-electron chi connectivity index (χ0n) is 11.1. The minimum absolute atomic E-state index is 0.225. The van der Waals surface area contributed by atoms with Crippen LogP contribution < -0.4 is 5.48 Å². The van der Waals surface area contributed by atoms with Gasteiger partial charge in [0.15, 0.2) is 0 Å². The molecule has 3 N–H and O–H groups in total. The summed E-state index contributed by atoms with van der Waals surface area (Å²) in [7, 11) is -3.70. The molecule has 0 spiro atoms. The Morgan fingerprint density at radius 3 is 2.56 bits per heavy atom. The third kappa shape index (κ3) is 10.7. The van der Waals surface area contributed by atoms with Crippen molar-refractivity contribution in [2.45, 2.75) is 46.0 Å². The molecule has 1 unspecified atom stereocenters. The molecule has 108 valence electrons. The first kappa shape index (κ1) is 17.6. The first-order valence-corrected chi connectivity index (χ1v) is 8.03. The van der Waals surface area contributed by atoms with Gasteiger partial charge < -0.3 is 9.42 Å². The fourth-order valence-electron chi connectivity index (χ4n) is 1.40. The molecule has 0 rings (SSSR count). The molecule has 0 aliphatic rings. The lowest BCUT2D eigenvalue weighted by atomic mass is 10.1. The van der Waals surface area contributed by atoms with Crippen LogP contribution in [-0.4, -0.2) is 28.8 Å². The number of amides is 1. The van der Waals surface area contributed by atoms with Crippen LogP contribution in [0, 0.1) is 5.92 Å². The molecule has 0 bridgehead atoms. The molecule has 1 atom stereocenters. The Morgan fingerprint density at radius 1 is 1.33 bits per heavy atom. The van der Waals surface area contributed by atoms with Gasteiger partial charge in [-0.15, -0.1) is 0 Å². The third-order valence-electron chi connectivity index (χ3n) is 2.46. The molecule has 6 nitrogen and oxygen atoms in total. The Morgan fingerprint density at radius 2 is 2.00 bits per heavy atom. The lowest BCUT2D eigenvalue weighted by Crippen LogP contribution is -2.19. The van der Waals surface area contributed by atoms with Crippen molar-refractivity contribution >= 4 is 13.5 Å². The van der Waals surface area contributed by atoms with E-state index in [1.165, 1.54) is 5.48 Å². The van der Waals surface area contributed by atoms with Gasteiger partial charge in [0.2, 0.25) is 5.91 Å². The minimum Gasteiger partial charge on any atom is -0.324 e. The highest BCUT2D eigenvalue weighted by Gasteiger charge is 2.20. The van der Waals surface area contributed by atoms with Crippen molar-refractivity contribution < 1.29 is 24.0 Å². The van der Waals surface area contributed by atoms with Crippen molar-refractivity contribution in [1.82, 2.24) is 5.48 Å². The van der Waals surface area contributed by atoms with E-state index >= 15 is 0 Å². The second kappa shape index (κ2) is 9.50. The molecule has 0 heterocycles. The Balaban J connectivity index is 3.58. The lowest BCUT2D eigenvalue weighted by molar-refractivity contribution is -0.128. The van der Waals surface area contributed by atoms with Crippen molar-refractivity contribution in [3.8, 4) is 0 Å². The van der Waals surface area contributed by atoms with Gasteiger partial charge in [-0.3, -0.25) is 14.6 Å². The van der Waals surface area contributed by atoms with E-state index in [1.54, 1.807) is 0 Å². The number of carbonyl (C=O) groups is 1. The molecule has 0 radical (unpaired) electrons. The summed E-state index contributed by atoms with van der Waals surface area (Å²) in [6.45, 7) is 4.54. The van der Waals surface area contributed by atoms with Gasteiger partial charge in [0.1, 0.15) is 0 Å². The predicted octanol–water partition coefficient (Wildman–Crippen LogP) is 2.30. The molecular formula is C11H24NO5P. The number of carbonyl (C=O) groups excluding carboxylic acids is 1. The summed E-state index contributed by atoms with van der Waals surface area (Å²) < 4.78 is 16.3. The quantitative estimate of drug-likeness (QED) is 0.247. The van der Waals surface area contributed by atoms with Gasteiger partial charge in [-0.1, -0.05) is 33.1 Å². The molecule has 7 heteroatoms. The van der Waals surface area contributed by atoms with Crippen LogP contribution >= 0.6 is 7.60 Å². The standard InChI is InChI=1S/C11H24NO5P/c1-10(2)6-4-3-5-8-17-18(15,16)9-7-11(13)12-14/h10,14H,3-9H2,1-2H3,(H,12,13)(H,15,16). The van der Waals surface area contributed by atoms with E-state index in [0.717, 1.165) is 25.7 Å². The fourth-order valence-corrected chi connectivity index (χ4v) is 2.43. The first-order chi connectivity index (χ1) is 8.37. The van der Waals surface area contributed by atoms with Crippen molar-refractivity contribution in [1.29, 1.82) is 0 Å². The average Bonchev–Trinajstić information content (AvgIpc) is 2.30. The number of nitrogens with one attached hydrogen (secondary N) is 1. The number of unbranched alkanes of at least 4 members (excludes halogenated alkanes) is 2. The smallest absolute Gasteiger partial charge is 0.324 e. The van der Waals surface area contributed by atoms with Crippen LogP contribution in [0.5, 0.6) is 0 Å². The van der Waals surface area contributed by atoms with Crippen LogP contribution in [0.4, 0.5) is 0 Å². The number of hydroxylamine groups is 1. The molecule has 0 aromatic carbocycles. The number of rotatable bonds is 10. The van der Waals surface area contributed by atoms with Gasteiger partial charge in [-0.2, -0.15) is 0 Å². The van der Waals surface area contributed by atoms with Crippen LogP contribution in [-0.2, 0) is 13.9 Å². The molecule has 18 heavy (non-hydrogen) atoms. The second-order valence-electron chi connectivity index (χ2n) is 4.72. The molecule has 0 aromatic rings. The van der Waals surface area contributed by atoms with Gasteiger partial charge in [0.05, 0.1) is 12.8 Å². The molecule has 1 amide bonds. The van der Waals surface area contributed by atoms with Gasteiger partial charge in [-0.05, 0) is 12.3 Å². The summed E-state index contributed by atoms with van der Waals surface area (Å²) in [6.07, 6.45) is 3.44. The number of hydrogen-bond donors (Lipinski definition) is 3. The van der Waals surface area contributed by atoms with Crippen LogP contribution in [0.1, 0.15) is 46.0 Å². The minimum atomic E-state index is -3.70. The normalized spacial score (nSPS) is 14.5. The zero-order valence-corrected chi connectivity index (χ0v) is 12.0. The van der Waals surface area contributed by atoms with E-state index in [0.29, 0.717) is 5.92 Å². The molecule has 0 aliphatic carbocycles. The largest absolute Gasteiger partial charge is 0.328 e. The Labute approximate surface area is 108 Å². The molecular weight excluding hydrogens is 257 g/mol. The summed E-state index contributed by atoms with van der Waals surface area (Å²) in [4.78, 5) is 20.1. The van der Waals surface area contributed by atoms with E-state index in [9.17, 15) is 14.3 Å². The predicted molar refractivity (Wildman–Crippen MR) is 68.5 cm³/mol. The van der Waals surface area contributed by atoms with Crippen molar-refractivity contribution in [2.75, 3.05) is 12.8 Å². The SMILES string of the molecule is CC(C)CCCCCOP(=O)(O)CCC(=O)NO. The third-order valence-corrected chi connectivity index (χ3v) is 3.84. The Kier molecular flexibility index (Phi) is 9.28. The van der Waals surface area contributed by atoms with Gasteiger partial charge in [0.25, 0.3) is 0 Å². The van der Waals surface area contributed by atoms with E-state index in [4.69, 9.17) is 9.73 Å². The highest BCUT2D eigenvalue weighted by molar-refractivity contribution is 7.52. The van der Waals surface area contributed by atoms with Crippen molar-refractivity contribution in [3.63, 3.8) is 0 Å². The average molecular weight is 281 g/mol. The highest BCUT2D eigenvalue weighted by Crippen LogP contribution is 2.42. The summed E-state index contributed by atoms with van der Waals surface area (Å²) in [5.74, 6) is -0.0170. The van der Waals surface area contributed by atoms with Crippen LogP contribution in [0.15, 0.2) is 0 Å². The van der Waals surface area contributed by atoms with Crippen molar-refractivity contribution in [3.05, 3.63) is 0 Å². The molecule has 0 fully saturated rings. The summed E-state index contributed by atoms with van der Waals surface area (Å²) in [5, 5.41) is 8.24. The molecule has 0 saturated heterocycles. The summed E-state index contributed by atoms with van der Waals surface area (Å²) in [5.41, 5.74) is 1.41. The summed E-state index contributed by atoms with van der Waals surface area (Å²) >= 11 is 0. The molecule has 0 saturated carbocycles. The van der Waals surface area contributed by atoms with Crippen LogP contribution in [0.3, 0.4) is 0 Å². The lowest BCUT2D eigenvalue weighted by Gasteiger charge is -2.11. The Hall–Kier alpha value is -0.420. The molecule has 0 aromatic heterocycles. The second-order valence-corrected chi connectivity index (χ2v) is 6.70. The Bertz CT molecular complexity index is 283. The maximum absolute atomic E-state index is 11.4. The topological polar surface area (TPSA) is 95.9 Å². The van der Waals surface area contributed by atoms with Crippen LogP contribution in [0.2, 0.25) is 0 Å². The van der Waals surface area contributed by atoms with Gasteiger partial charge in [-0.25, -0.2) is 5.48 Å². The monoisotopic (exact) mass is 281 g/mol. The van der Waals surface area contributed by atoms with E-state index < -0.39 is 13.5 Å². The van der Waals surface area contributed by atoms with Crippen LogP contribution in [0.25, 0.3) is 0 Å². The van der Waals surface area contributed by atoms with Crippen molar-refractivity contribution in [2.24, 2.45) is 5.92 Å². The first-order valence-electron chi connectivity index (χ1n) is 6.26. The zero-order chi connectivity index (χ0) is 14.0. The highest BCUT2D eigenvalue weighted by atomic mass is 31.2. The van der Waals surface area contributed by atoms with Gasteiger partial charge in [0, 0.05) is 6.42 Å². The fraction of sp³-hybridized carbons (Fsp3) is 0.909. The molecule has 0 aliphatic heterocycles. The van der Waals surface area contributed by atoms with E-state index in [1.807, 2.05) is 0 Å². The summed E-state index contributed by atoms with van der Waals surface area (Å²) in [6, 6.07) is 0. The maximum Gasteiger partial charge on any atom is 0.328 e.